The van der Waals surface area contributed by atoms with Crippen LogP contribution in [0.15, 0.2) is 12.3 Å². The summed E-state index contributed by atoms with van der Waals surface area (Å²) in [4.78, 5) is 0. The van der Waals surface area contributed by atoms with Gasteiger partial charge in [-0.05, 0) is 19.4 Å². The van der Waals surface area contributed by atoms with Crippen molar-refractivity contribution in [2.75, 3.05) is 0 Å². The summed E-state index contributed by atoms with van der Waals surface area (Å²) in [6.07, 6.45) is 3.41. The molecule has 13 heavy (non-hydrogen) atoms. The van der Waals surface area contributed by atoms with Gasteiger partial charge in [0, 0.05) is 18.6 Å². The lowest BCUT2D eigenvalue weighted by Crippen LogP contribution is -2.31. The molecule has 0 atom stereocenters. The fourth-order valence-electron chi connectivity index (χ4n) is 1.02. The summed E-state index contributed by atoms with van der Waals surface area (Å²) in [5.74, 6) is 0. The number of aryl methyl sites for hydroxylation is 4. The highest BCUT2D eigenvalue weighted by molar-refractivity contribution is 5.19. The Labute approximate surface area is 82.4 Å². The lowest BCUT2D eigenvalue weighted by molar-refractivity contribution is -0.678. The molecule has 0 fully saturated rings. The Balaban J connectivity index is 0.000000424. The number of nitrogens with zero attached hydrogens (tertiary/aromatic N) is 1. The van der Waals surface area contributed by atoms with Crippen LogP contribution in [0.2, 0.25) is 0 Å². The molecule has 0 aliphatic carbocycles. The molecule has 0 unspecified atom stereocenters. The van der Waals surface area contributed by atoms with Crippen LogP contribution >= 0.6 is 0 Å². The third-order valence-corrected chi connectivity index (χ3v) is 1.99. The van der Waals surface area contributed by atoms with Gasteiger partial charge in [0.2, 0.25) is 0 Å². The van der Waals surface area contributed by atoms with Crippen LogP contribution in [0.1, 0.15) is 37.1 Å². The molecule has 0 N–H and O–H groups in total. The molecular weight excluding hydrogens is 158 g/mol. The number of hydrogen-bond acceptors (Lipinski definition) is 0. The van der Waals surface area contributed by atoms with E-state index in [0.717, 1.165) is 0 Å². The summed E-state index contributed by atoms with van der Waals surface area (Å²) >= 11 is 0. The lowest BCUT2D eigenvalue weighted by Gasteiger charge is -1.98. The van der Waals surface area contributed by atoms with E-state index >= 15 is 0 Å². The quantitative estimate of drug-likeness (QED) is 0.541. The van der Waals surface area contributed by atoms with Crippen LogP contribution in [0.4, 0.5) is 0 Å². The zero-order chi connectivity index (χ0) is 10.4. The molecule has 1 aromatic rings. The minimum atomic E-state index is 1.25. The van der Waals surface area contributed by atoms with E-state index in [4.69, 9.17) is 0 Å². The van der Waals surface area contributed by atoms with Crippen molar-refractivity contribution in [3.8, 4) is 0 Å². The maximum absolute atomic E-state index is 2.20. The number of rotatable bonds is 0. The molecule has 1 nitrogen and oxygen atoms in total. The topological polar surface area (TPSA) is 3.88 Å². The molecule has 0 radical (unpaired) electrons. The van der Waals surface area contributed by atoms with Crippen LogP contribution in [0.5, 0.6) is 0 Å². The first-order valence-corrected chi connectivity index (χ1v) is 4.96. The third kappa shape index (κ3) is 4.07. The van der Waals surface area contributed by atoms with Gasteiger partial charge in [-0.15, -0.1) is 0 Å². The van der Waals surface area contributed by atoms with E-state index in [2.05, 4.69) is 58.5 Å². The average molecular weight is 180 g/mol. The summed E-state index contributed by atoms with van der Waals surface area (Å²) in [7, 11) is 2.07. The SMILES string of the molecule is CCC.Cc1cc(C)[n+](C)cc1C. The van der Waals surface area contributed by atoms with Gasteiger partial charge in [0.15, 0.2) is 11.9 Å². The first-order valence-electron chi connectivity index (χ1n) is 4.96. The van der Waals surface area contributed by atoms with Gasteiger partial charge in [0.1, 0.15) is 7.05 Å². The molecule has 1 heteroatoms. The molecule has 0 spiro atoms. The van der Waals surface area contributed by atoms with Gasteiger partial charge in [0.25, 0.3) is 0 Å². The monoisotopic (exact) mass is 180 g/mol. The number of aromatic nitrogens is 1. The van der Waals surface area contributed by atoms with Gasteiger partial charge in [-0.3, -0.25) is 0 Å². The van der Waals surface area contributed by atoms with Crippen molar-refractivity contribution in [2.24, 2.45) is 7.05 Å². The smallest absolute Gasteiger partial charge is 0.178 e. The van der Waals surface area contributed by atoms with Gasteiger partial charge in [-0.2, -0.15) is 0 Å². The van der Waals surface area contributed by atoms with Crippen molar-refractivity contribution >= 4 is 0 Å². The Morgan fingerprint density at radius 1 is 1.08 bits per heavy atom. The fraction of sp³-hybridized carbons (Fsp3) is 0.583. The molecule has 0 amide bonds. The van der Waals surface area contributed by atoms with Crippen molar-refractivity contribution in [1.29, 1.82) is 0 Å². The molecule has 1 rings (SSSR count). The Hall–Kier alpha value is -0.850. The second-order valence-electron chi connectivity index (χ2n) is 3.60. The van der Waals surface area contributed by atoms with E-state index in [9.17, 15) is 0 Å². The van der Waals surface area contributed by atoms with Crippen LogP contribution < -0.4 is 4.57 Å². The van der Waals surface area contributed by atoms with Crippen molar-refractivity contribution < 1.29 is 4.57 Å². The standard InChI is InChI=1S/C9H14N.C3H8/c1-7-5-9(3)10(4)6-8(7)2;1-3-2/h5-6H,1-4H3;3H2,1-2H3/q+1;. The second kappa shape index (κ2) is 5.74. The summed E-state index contributed by atoms with van der Waals surface area (Å²) in [5.41, 5.74) is 4.03. The highest BCUT2D eigenvalue weighted by Gasteiger charge is 2.02. The van der Waals surface area contributed by atoms with Crippen LogP contribution in [0, 0.1) is 20.8 Å². The average Bonchev–Trinajstić information content (AvgIpc) is 2.03. The van der Waals surface area contributed by atoms with Gasteiger partial charge >= 0.3 is 0 Å². The normalized spacial score (nSPS) is 9.08. The van der Waals surface area contributed by atoms with E-state index in [1.54, 1.807) is 0 Å². The minimum absolute atomic E-state index is 1.25. The molecule has 74 valence electrons. The van der Waals surface area contributed by atoms with E-state index in [0.29, 0.717) is 0 Å². The van der Waals surface area contributed by atoms with E-state index in [1.165, 1.54) is 23.2 Å². The van der Waals surface area contributed by atoms with E-state index in [-0.39, 0.29) is 0 Å². The van der Waals surface area contributed by atoms with Crippen molar-refractivity contribution in [3.63, 3.8) is 0 Å². The van der Waals surface area contributed by atoms with Gasteiger partial charge in [-0.25, -0.2) is 4.57 Å². The van der Waals surface area contributed by atoms with Crippen molar-refractivity contribution in [2.45, 2.75) is 41.0 Å². The Kier molecular flexibility index (Phi) is 5.36. The van der Waals surface area contributed by atoms with Gasteiger partial charge < -0.3 is 0 Å². The van der Waals surface area contributed by atoms with Crippen LogP contribution in [-0.2, 0) is 7.05 Å². The molecule has 0 bridgehead atoms. The highest BCUT2D eigenvalue weighted by Crippen LogP contribution is 2.02. The number of pyridine rings is 1. The van der Waals surface area contributed by atoms with Crippen LogP contribution in [-0.4, -0.2) is 0 Å². The molecule has 1 aromatic heterocycles. The lowest BCUT2D eigenvalue weighted by atomic mass is 10.1. The summed E-state index contributed by atoms with van der Waals surface area (Å²) in [6.45, 7) is 10.6. The Bertz CT molecular complexity index is 214. The van der Waals surface area contributed by atoms with Crippen molar-refractivity contribution in [1.82, 2.24) is 0 Å². The molecular formula is C12H22N+. The summed E-state index contributed by atoms with van der Waals surface area (Å²) in [5, 5.41) is 0. The fourth-order valence-corrected chi connectivity index (χ4v) is 1.02. The van der Waals surface area contributed by atoms with E-state index < -0.39 is 0 Å². The van der Waals surface area contributed by atoms with E-state index in [1.807, 2.05) is 0 Å². The molecule has 0 saturated carbocycles. The zero-order valence-corrected chi connectivity index (χ0v) is 9.81. The molecule has 0 aliphatic heterocycles. The summed E-state index contributed by atoms with van der Waals surface area (Å²) < 4.78 is 2.14. The second-order valence-corrected chi connectivity index (χ2v) is 3.60. The maximum atomic E-state index is 2.20. The van der Waals surface area contributed by atoms with Gasteiger partial charge in [0.05, 0.1) is 0 Å². The zero-order valence-electron chi connectivity index (χ0n) is 9.81. The number of hydrogen-bond donors (Lipinski definition) is 0. The van der Waals surface area contributed by atoms with Crippen LogP contribution in [0.25, 0.3) is 0 Å². The Morgan fingerprint density at radius 2 is 1.54 bits per heavy atom. The first-order chi connectivity index (χ1) is 6.02. The molecule has 1 heterocycles. The summed E-state index contributed by atoms with van der Waals surface area (Å²) in [6, 6.07) is 2.20. The third-order valence-electron chi connectivity index (χ3n) is 1.99. The highest BCUT2D eigenvalue weighted by atomic mass is 14.9. The maximum Gasteiger partial charge on any atom is 0.178 e. The largest absolute Gasteiger partial charge is 0.205 e. The predicted molar refractivity (Wildman–Crippen MR) is 57.8 cm³/mol. The molecule has 0 saturated heterocycles. The molecule has 0 aliphatic rings. The molecule has 0 aromatic carbocycles. The predicted octanol–water partition coefficient (Wildman–Crippen LogP) is 2.85. The Morgan fingerprint density at radius 3 is 1.92 bits per heavy atom. The van der Waals surface area contributed by atoms with Crippen molar-refractivity contribution in [3.05, 3.63) is 29.1 Å². The van der Waals surface area contributed by atoms with Gasteiger partial charge in [-0.1, -0.05) is 20.3 Å². The minimum Gasteiger partial charge on any atom is -0.205 e. The first kappa shape index (κ1) is 12.2. The van der Waals surface area contributed by atoms with Crippen LogP contribution in [0.3, 0.4) is 0 Å².